The smallest absolute Gasteiger partial charge is 0.336 e. The van der Waals surface area contributed by atoms with Gasteiger partial charge in [-0.2, -0.15) is 0 Å². The molecule has 29 heavy (non-hydrogen) atoms. The number of methoxy groups -OCH3 is 1. The fourth-order valence-corrected chi connectivity index (χ4v) is 2.88. The van der Waals surface area contributed by atoms with Gasteiger partial charge in [0, 0.05) is 23.1 Å². The predicted octanol–water partition coefficient (Wildman–Crippen LogP) is 4.27. The van der Waals surface area contributed by atoms with Crippen molar-refractivity contribution in [2.45, 2.75) is 20.5 Å². The Labute approximate surface area is 168 Å². The molecular weight excluding hydrogens is 372 g/mol. The summed E-state index contributed by atoms with van der Waals surface area (Å²) >= 11 is 0. The molecule has 0 atom stereocenters. The number of fused-ring (bicyclic) bond motifs is 1. The van der Waals surface area contributed by atoms with Crippen molar-refractivity contribution in [3.63, 3.8) is 0 Å². The van der Waals surface area contributed by atoms with E-state index in [-0.39, 0.29) is 6.61 Å². The number of carbonyl (C=O) groups is 1. The second-order valence-corrected chi connectivity index (χ2v) is 6.37. The van der Waals surface area contributed by atoms with Crippen molar-refractivity contribution < 1.29 is 23.4 Å². The van der Waals surface area contributed by atoms with E-state index in [1.54, 1.807) is 31.4 Å². The van der Waals surface area contributed by atoms with E-state index in [1.807, 2.05) is 32.0 Å². The number of ether oxygens (including phenoxy) is 3. The Kier molecular flexibility index (Phi) is 6.34. The number of hydrogen-bond acceptors (Lipinski definition) is 6. The van der Waals surface area contributed by atoms with Gasteiger partial charge < -0.3 is 18.6 Å². The van der Waals surface area contributed by atoms with E-state index in [4.69, 9.17) is 18.6 Å². The molecule has 0 bridgehead atoms. The molecule has 0 fully saturated rings. The van der Waals surface area contributed by atoms with Gasteiger partial charge in [-0.15, -0.1) is 0 Å². The van der Waals surface area contributed by atoms with Gasteiger partial charge in [0.15, 0.2) is 11.5 Å². The molecule has 0 saturated carbocycles. The van der Waals surface area contributed by atoms with E-state index in [0.29, 0.717) is 29.3 Å². The molecule has 0 N–H and O–H groups in total. The van der Waals surface area contributed by atoms with Gasteiger partial charge in [0.1, 0.15) is 12.2 Å². The fourth-order valence-electron chi connectivity index (χ4n) is 2.88. The summed E-state index contributed by atoms with van der Waals surface area (Å²) in [5.41, 5.74) is 2.33. The number of benzene rings is 2. The Balaban J connectivity index is 1.70. The van der Waals surface area contributed by atoms with Crippen molar-refractivity contribution in [2.24, 2.45) is 0 Å². The molecule has 6 heteroatoms. The molecule has 0 aliphatic rings. The summed E-state index contributed by atoms with van der Waals surface area (Å²) in [6.07, 6.45) is 2.95. The third-order valence-corrected chi connectivity index (χ3v) is 4.26. The molecule has 0 spiro atoms. The van der Waals surface area contributed by atoms with Gasteiger partial charge in [0.2, 0.25) is 0 Å². The lowest BCUT2D eigenvalue weighted by Gasteiger charge is -2.09. The highest BCUT2D eigenvalue weighted by Crippen LogP contribution is 2.28. The number of hydrogen-bond donors (Lipinski definition) is 0. The van der Waals surface area contributed by atoms with E-state index in [1.165, 1.54) is 12.1 Å². The first-order valence-corrected chi connectivity index (χ1v) is 9.19. The minimum Gasteiger partial charge on any atom is -0.493 e. The summed E-state index contributed by atoms with van der Waals surface area (Å²) in [4.78, 5) is 23.9. The minimum atomic E-state index is -0.522. The van der Waals surface area contributed by atoms with Crippen LogP contribution in [0.15, 0.2) is 57.8 Å². The van der Waals surface area contributed by atoms with E-state index in [2.05, 4.69) is 0 Å². The zero-order valence-corrected chi connectivity index (χ0v) is 16.6. The average Bonchev–Trinajstić information content (AvgIpc) is 2.70. The monoisotopic (exact) mass is 394 g/mol. The number of esters is 1. The maximum Gasteiger partial charge on any atom is 0.336 e. The lowest BCUT2D eigenvalue weighted by molar-refractivity contribution is -0.138. The molecule has 0 aliphatic heterocycles. The van der Waals surface area contributed by atoms with Crippen LogP contribution in [0.5, 0.6) is 11.5 Å². The van der Waals surface area contributed by atoms with Gasteiger partial charge in [-0.25, -0.2) is 9.59 Å². The zero-order chi connectivity index (χ0) is 20.8. The fraction of sp³-hybridized carbons (Fsp3) is 0.217. The van der Waals surface area contributed by atoms with Crippen LogP contribution in [-0.4, -0.2) is 19.7 Å². The molecule has 150 valence electrons. The van der Waals surface area contributed by atoms with E-state index in [9.17, 15) is 9.59 Å². The van der Waals surface area contributed by atoms with Crippen LogP contribution >= 0.6 is 0 Å². The van der Waals surface area contributed by atoms with Crippen molar-refractivity contribution in [3.05, 3.63) is 75.7 Å². The first kappa shape index (κ1) is 20.2. The van der Waals surface area contributed by atoms with Crippen molar-refractivity contribution in [2.75, 3.05) is 13.7 Å². The lowest BCUT2D eigenvalue weighted by atomic mass is 10.1. The summed E-state index contributed by atoms with van der Waals surface area (Å²) < 4.78 is 21.3. The Bertz CT molecular complexity index is 1110. The van der Waals surface area contributed by atoms with Gasteiger partial charge >= 0.3 is 11.6 Å². The average molecular weight is 394 g/mol. The Morgan fingerprint density at radius 3 is 2.69 bits per heavy atom. The molecule has 0 saturated heterocycles. The van der Waals surface area contributed by atoms with E-state index < -0.39 is 11.6 Å². The van der Waals surface area contributed by atoms with Crippen molar-refractivity contribution in [1.82, 2.24) is 0 Å². The molecule has 0 radical (unpaired) electrons. The minimum absolute atomic E-state index is 0.0269. The molecule has 3 rings (SSSR count). The topological polar surface area (TPSA) is 75.0 Å². The summed E-state index contributed by atoms with van der Waals surface area (Å²) in [7, 11) is 1.56. The van der Waals surface area contributed by atoms with Gasteiger partial charge in [-0.3, -0.25) is 0 Å². The third-order valence-electron chi connectivity index (χ3n) is 4.26. The molecule has 0 unspecified atom stereocenters. The first-order chi connectivity index (χ1) is 14.0. The first-order valence-electron chi connectivity index (χ1n) is 9.19. The predicted molar refractivity (Wildman–Crippen MR) is 110 cm³/mol. The van der Waals surface area contributed by atoms with Crippen LogP contribution in [0.1, 0.15) is 23.6 Å². The normalized spacial score (nSPS) is 11.0. The van der Waals surface area contributed by atoms with E-state index in [0.717, 1.165) is 16.5 Å². The van der Waals surface area contributed by atoms with E-state index >= 15 is 0 Å². The molecule has 6 nitrogen and oxygen atoms in total. The summed E-state index contributed by atoms with van der Waals surface area (Å²) in [6.45, 7) is 4.31. The highest BCUT2D eigenvalue weighted by molar-refractivity contribution is 5.87. The highest BCUT2D eigenvalue weighted by Gasteiger charge is 2.08. The maximum atomic E-state index is 12.1. The molecule has 1 aromatic heterocycles. The molecule has 0 amide bonds. The van der Waals surface area contributed by atoms with Crippen molar-refractivity contribution >= 4 is 23.0 Å². The van der Waals surface area contributed by atoms with Crippen molar-refractivity contribution in [3.8, 4) is 11.5 Å². The number of aryl methyl sites for hydroxylation is 1. The summed E-state index contributed by atoms with van der Waals surface area (Å²) in [6, 6.07) is 12.2. The maximum absolute atomic E-state index is 12.1. The van der Waals surface area contributed by atoms with Crippen LogP contribution in [0, 0.1) is 6.92 Å². The standard InChI is InChI=1S/C23H22O6/c1-4-27-19-9-6-16(12-21(19)26-3)7-10-22(24)28-14-17-13-23(25)29-20-11-15(2)5-8-18(17)20/h5-13H,4,14H2,1-3H3/b10-7+. The van der Waals surface area contributed by atoms with Gasteiger partial charge in [-0.1, -0.05) is 18.2 Å². The quantitative estimate of drug-likeness (QED) is 0.339. The van der Waals surface area contributed by atoms with Crippen molar-refractivity contribution in [1.29, 1.82) is 0 Å². The second kappa shape index (κ2) is 9.10. The van der Waals surface area contributed by atoms with Crippen LogP contribution in [0.4, 0.5) is 0 Å². The van der Waals surface area contributed by atoms with Crippen LogP contribution in [0.25, 0.3) is 17.0 Å². The van der Waals surface area contributed by atoms with Crippen LogP contribution < -0.4 is 15.1 Å². The summed E-state index contributed by atoms with van der Waals surface area (Å²) in [5.74, 6) is 0.700. The Morgan fingerprint density at radius 1 is 1.10 bits per heavy atom. The second-order valence-electron chi connectivity index (χ2n) is 6.37. The highest BCUT2D eigenvalue weighted by atomic mass is 16.5. The molecule has 3 aromatic rings. The molecule has 0 aliphatic carbocycles. The molecule has 2 aromatic carbocycles. The van der Waals surface area contributed by atoms with Crippen LogP contribution in [0.2, 0.25) is 0 Å². The largest absolute Gasteiger partial charge is 0.493 e. The Hall–Kier alpha value is -3.54. The van der Waals surface area contributed by atoms with Crippen LogP contribution in [0.3, 0.4) is 0 Å². The van der Waals surface area contributed by atoms with Crippen LogP contribution in [-0.2, 0) is 16.1 Å². The third kappa shape index (κ3) is 5.04. The molecule has 1 heterocycles. The van der Waals surface area contributed by atoms with Gasteiger partial charge in [0.25, 0.3) is 0 Å². The zero-order valence-electron chi connectivity index (χ0n) is 16.6. The number of carbonyl (C=O) groups excluding carboxylic acids is 1. The number of rotatable bonds is 7. The van der Waals surface area contributed by atoms with Gasteiger partial charge in [-0.05, 0) is 49.2 Å². The Morgan fingerprint density at radius 2 is 1.93 bits per heavy atom. The van der Waals surface area contributed by atoms with Gasteiger partial charge in [0.05, 0.1) is 13.7 Å². The SMILES string of the molecule is CCOc1ccc(/C=C/C(=O)OCc2cc(=O)oc3cc(C)ccc23)cc1OC. The summed E-state index contributed by atoms with van der Waals surface area (Å²) in [5, 5.41) is 0.739. The molecular formula is C23H22O6. The lowest BCUT2D eigenvalue weighted by Crippen LogP contribution is -2.05.